The second-order valence-corrected chi connectivity index (χ2v) is 4.77. The number of carbonyl (C=O) groups is 1. The van der Waals surface area contributed by atoms with Crippen LogP contribution < -0.4 is 0 Å². The normalized spacial score (nSPS) is 32.4. The van der Waals surface area contributed by atoms with Crippen LogP contribution in [0.3, 0.4) is 0 Å². The molecule has 4 nitrogen and oxygen atoms in total. The molecule has 1 saturated heterocycles. The first-order valence-electron chi connectivity index (χ1n) is 5.82. The van der Waals surface area contributed by atoms with Crippen molar-refractivity contribution in [2.75, 3.05) is 20.3 Å². The molecule has 94 valence electrons. The van der Waals surface area contributed by atoms with E-state index in [1.807, 2.05) is 13.8 Å². The zero-order chi connectivity index (χ0) is 12.6. The molecule has 0 saturated carbocycles. The smallest absolute Gasteiger partial charge is 0.254 e. The van der Waals surface area contributed by atoms with E-state index in [1.165, 1.54) is 5.57 Å². The molecular formula is C13H19NO3. The molecule has 0 aromatic heterocycles. The van der Waals surface area contributed by atoms with Crippen LogP contribution in [0.5, 0.6) is 0 Å². The van der Waals surface area contributed by atoms with Crippen molar-refractivity contribution in [2.24, 2.45) is 0 Å². The van der Waals surface area contributed by atoms with Gasteiger partial charge in [-0.25, -0.2) is 0 Å². The van der Waals surface area contributed by atoms with Crippen LogP contribution in [0.25, 0.3) is 0 Å². The Kier molecular flexibility index (Phi) is 3.35. The van der Waals surface area contributed by atoms with Crippen molar-refractivity contribution in [3.8, 4) is 0 Å². The van der Waals surface area contributed by atoms with E-state index >= 15 is 0 Å². The van der Waals surface area contributed by atoms with Gasteiger partial charge in [-0.2, -0.15) is 0 Å². The highest BCUT2D eigenvalue weighted by Gasteiger charge is 2.52. The summed E-state index contributed by atoms with van der Waals surface area (Å²) in [7, 11) is 1.57. The summed E-state index contributed by atoms with van der Waals surface area (Å²) in [6.07, 6.45) is 1.65. The Morgan fingerprint density at radius 3 is 2.88 bits per heavy atom. The lowest BCUT2D eigenvalue weighted by Crippen LogP contribution is -2.69. The fraction of sp³-hybridized carbons (Fsp3) is 0.615. The highest BCUT2D eigenvalue weighted by atomic mass is 16.5. The fourth-order valence-electron chi connectivity index (χ4n) is 2.47. The van der Waals surface area contributed by atoms with Crippen molar-refractivity contribution in [1.82, 2.24) is 4.90 Å². The minimum atomic E-state index is -0.374. The lowest BCUT2D eigenvalue weighted by molar-refractivity contribution is -0.178. The molecule has 0 spiro atoms. The van der Waals surface area contributed by atoms with Crippen molar-refractivity contribution < 1.29 is 14.3 Å². The maximum Gasteiger partial charge on any atom is 0.254 e. The molecule has 17 heavy (non-hydrogen) atoms. The minimum absolute atomic E-state index is 0.0112. The van der Waals surface area contributed by atoms with Crippen LogP contribution in [0.2, 0.25) is 0 Å². The molecule has 2 heterocycles. The molecule has 2 aliphatic rings. The quantitative estimate of drug-likeness (QED) is 0.543. The molecule has 1 fully saturated rings. The van der Waals surface area contributed by atoms with E-state index in [0.29, 0.717) is 13.2 Å². The van der Waals surface area contributed by atoms with Gasteiger partial charge >= 0.3 is 0 Å². The Morgan fingerprint density at radius 2 is 2.41 bits per heavy atom. The lowest BCUT2D eigenvalue weighted by Gasteiger charge is -2.49. The predicted molar refractivity (Wildman–Crippen MR) is 64.6 cm³/mol. The zero-order valence-corrected chi connectivity index (χ0v) is 10.6. The van der Waals surface area contributed by atoms with E-state index in [2.05, 4.69) is 12.7 Å². The van der Waals surface area contributed by atoms with Gasteiger partial charge in [-0.1, -0.05) is 18.2 Å². The number of hydrogen-bond acceptors (Lipinski definition) is 3. The summed E-state index contributed by atoms with van der Waals surface area (Å²) in [6.45, 7) is 9.01. The first-order chi connectivity index (χ1) is 8.06. The van der Waals surface area contributed by atoms with E-state index in [4.69, 9.17) is 9.47 Å². The highest BCUT2D eigenvalue weighted by Crippen LogP contribution is 2.32. The lowest BCUT2D eigenvalue weighted by atomic mass is 9.89. The molecule has 0 aromatic rings. The number of hydrogen-bond donors (Lipinski definition) is 0. The van der Waals surface area contributed by atoms with Gasteiger partial charge in [0, 0.05) is 13.7 Å². The van der Waals surface area contributed by atoms with Crippen LogP contribution in [0, 0.1) is 0 Å². The number of β-lactam (4-membered cyclic amide) rings is 1. The average molecular weight is 237 g/mol. The van der Waals surface area contributed by atoms with Crippen LogP contribution in [-0.2, 0) is 14.3 Å². The van der Waals surface area contributed by atoms with Crippen LogP contribution in [0.4, 0.5) is 0 Å². The highest BCUT2D eigenvalue weighted by molar-refractivity contribution is 5.89. The zero-order valence-electron chi connectivity index (χ0n) is 10.6. The van der Waals surface area contributed by atoms with Gasteiger partial charge in [-0.3, -0.25) is 4.79 Å². The van der Waals surface area contributed by atoms with Crippen molar-refractivity contribution in [3.05, 3.63) is 23.8 Å². The number of amides is 1. The van der Waals surface area contributed by atoms with Crippen molar-refractivity contribution in [2.45, 2.75) is 32.1 Å². The summed E-state index contributed by atoms with van der Waals surface area (Å²) in [5, 5.41) is 0. The van der Waals surface area contributed by atoms with Crippen LogP contribution >= 0.6 is 0 Å². The molecule has 0 aliphatic carbocycles. The Hall–Kier alpha value is -1.13. The van der Waals surface area contributed by atoms with E-state index in [1.54, 1.807) is 12.0 Å². The molecule has 0 radical (unpaired) electrons. The molecule has 4 heteroatoms. The van der Waals surface area contributed by atoms with Crippen molar-refractivity contribution in [3.63, 3.8) is 0 Å². The topological polar surface area (TPSA) is 38.8 Å². The van der Waals surface area contributed by atoms with Gasteiger partial charge in [0.25, 0.3) is 5.91 Å². The summed E-state index contributed by atoms with van der Waals surface area (Å²) >= 11 is 0. The Balaban J connectivity index is 2.13. The van der Waals surface area contributed by atoms with E-state index in [0.717, 1.165) is 5.57 Å². The van der Waals surface area contributed by atoms with Crippen molar-refractivity contribution in [1.29, 1.82) is 0 Å². The first kappa shape index (κ1) is 12.3. The molecule has 0 bridgehead atoms. The monoisotopic (exact) mass is 237 g/mol. The standard InChI is InChI=1S/C13H19NO3/c1-8(2)7-14-10(12(16-4)13(14)15)11-9(3)5-6-17-11/h5,10-12H,1,6-7H2,2-4H3/t10-,11+,12+/m1/s1. The number of carbonyl (C=O) groups excluding carboxylic acids is 1. The van der Waals surface area contributed by atoms with Crippen LogP contribution in [0.1, 0.15) is 13.8 Å². The molecule has 2 rings (SSSR count). The molecule has 3 atom stereocenters. The number of nitrogens with zero attached hydrogens (tertiary/aromatic N) is 1. The Morgan fingerprint density at radius 1 is 1.71 bits per heavy atom. The number of methoxy groups -OCH3 is 1. The summed E-state index contributed by atoms with van der Waals surface area (Å²) in [5.74, 6) is 0.0313. The second-order valence-electron chi connectivity index (χ2n) is 4.77. The predicted octanol–water partition coefficient (Wildman–Crippen LogP) is 1.13. The van der Waals surface area contributed by atoms with E-state index in [-0.39, 0.29) is 24.2 Å². The Labute approximate surface area is 102 Å². The van der Waals surface area contributed by atoms with E-state index in [9.17, 15) is 4.79 Å². The molecule has 2 aliphatic heterocycles. The van der Waals surface area contributed by atoms with Gasteiger partial charge < -0.3 is 14.4 Å². The fourth-order valence-corrected chi connectivity index (χ4v) is 2.47. The third-order valence-electron chi connectivity index (χ3n) is 3.33. The third-order valence-corrected chi connectivity index (χ3v) is 3.33. The first-order valence-corrected chi connectivity index (χ1v) is 5.82. The largest absolute Gasteiger partial charge is 0.369 e. The molecule has 0 N–H and O–H groups in total. The summed E-state index contributed by atoms with van der Waals surface area (Å²) in [5.41, 5.74) is 2.15. The van der Waals surface area contributed by atoms with Gasteiger partial charge in [0.2, 0.25) is 0 Å². The van der Waals surface area contributed by atoms with Gasteiger partial charge in [0.1, 0.15) is 6.10 Å². The maximum atomic E-state index is 11.9. The second kappa shape index (κ2) is 4.63. The number of ether oxygens (including phenoxy) is 2. The maximum absolute atomic E-state index is 11.9. The molecular weight excluding hydrogens is 218 g/mol. The van der Waals surface area contributed by atoms with Crippen LogP contribution in [0.15, 0.2) is 23.8 Å². The third kappa shape index (κ3) is 2.03. The minimum Gasteiger partial charge on any atom is -0.369 e. The van der Waals surface area contributed by atoms with Gasteiger partial charge in [0.15, 0.2) is 6.10 Å². The number of likely N-dealkylation sites (tertiary alicyclic amines) is 1. The van der Waals surface area contributed by atoms with Gasteiger partial charge in [0.05, 0.1) is 12.6 Å². The summed E-state index contributed by atoms with van der Waals surface area (Å²) < 4.78 is 10.9. The SMILES string of the molecule is C=C(C)CN1C(=O)[C@@H](OC)[C@H]1[C@H]1OCC=C1C. The Bertz CT molecular complexity index is 375. The molecule has 0 aromatic carbocycles. The molecule has 1 amide bonds. The van der Waals surface area contributed by atoms with Crippen molar-refractivity contribution >= 4 is 5.91 Å². The number of rotatable bonds is 4. The average Bonchev–Trinajstić information content (AvgIpc) is 2.68. The van der Waals surface area contributed by atoms with Crippen LogP contribution in [-0.4, -0.2) is 49.3 Å². The van der Waals surface area contributed by atoms with Gasteiger partial charge in [-0.15, -0.1) is 0 Å². The summed E-state index contributed by atoms with van der Waals surface area (Å²) in [4.78, 5) is 13.7. The van der Waals surface area contributed by atoms with Gasteiger partial charge in [-0.05, 0) is 19.4 Å². The summed E-state index contributed by atoms with van der Waals surface area (Å²) in [6, 6.07) is -0.0112. The van der Waals surface area contributed by atoms with E-state index < -0.39 is 0 Å². The molecule has 0 unspecified atom stereocenters.